The summed E-state index contributed by atoms with van der Waals surface area (Å²) in [6.45, 7) is 2.70. The van der Waals surface area contributed by atoms with Crippen LogP contribution in [-0.2, 0) is 9.47 Å². The predicted octanol–water partition coefficient (Wildman–Crippen LogP) is 1.70. The van der Waals surface area contributed by atoms with Gasteiger partial charge in [-0.1, -0.05) is 19.3 Å². The standard InChI is InChI=1S/C11H23NO2/c1-9(8-13-2)14-11-7-5-3-4-6-10(11)12/h9-11H,3-8,12H2,1-2H3. The predicted molar refractivity (Wildman–Crippen MR) is 57.3 cm³/mol. The summed E-state index contributed by atoms with van der Waals surface area (Å²) in [5.74, 6) is 0. The Balaban J connectivity index is 2.32. The molecule has 0 aromatic heterocycles. The van der Waals surface area contributed by atoms with Crippen LogP contribution in [0.25, 0.3) is 0 Å². The van der Waals surface area contributed by atoms with Crippen LogP contribution in [0.5, 0.6) is 0 Å². The van der Waals surface area contributed by atoms with Gasteiger partial charge in [0.15, 0.2) is 0 Å². The molecule has 0 aliphatic heterocycles. The minimum atomic E-state index is 0.161. The van der Waals surface area contributed by atoms with Crippen LogP contribution in [0.15, 0.2) is 0 Å². The van der Waals surface area contributed by atoms with E-state index in [9.17, 15) is 0 Å². The molecule has 0 bridgehead atoms. The van der Waals surface area contributed by atoms with E-state index < -0.39 is 0 Å². The van der Waals surface area contributed by atoms with Gasteiger partial charge in [0.05, 0.1) is 18.8 Å². The van der Waals surface area contributed by atoms with Crippen molar-refractivity contribution in [2.24, 2.45) is 5.73 Å². The zero-order valence-corrected chi connectivity index (χ0v) is 9.37. The van der Waals surface area contributed by atoms with Crippen LogP contribution < -0.4 is 5.73 Å². The van der Waals surface area contributed by atoms with Crippen molar-refractivity contribution in [3.8, 4) is 0 Å². The van der Waals surface area contributed by atoms with Gasteiger partial charge in [0.25, 0.3) is 0 Å². The molecule has 1 saturated carbocycles. The van der Waals surface area contributed by atoms with Crippen molar-refractivity contribution < 1.29 is 9.47 Å². The second-order valence-corrected chi connectivity index (χ2v) is 4.24. The normalized spacial score (nSPS) is 31.1. The van der Waals surface area contributed by atoms with Crippen LogP contribution in [0.1, 0.15) is 39.0 Å². The maximum absolute atomic E-state index is 6.06. The first kappa shape index (κ1) is 12.0. The molecule has 0 aromatic rings. The van der Waals surface area contributed by atoms with Gasteiger partial charge in [-0.2, -0.15) is 0 Å². The van der Waals surface area contributed by atoms with E-state index in [0.717, 1.165) is 12.8 Å². The van der Waals surface area contributed by atoms with E-state index in [1.54, 1.807) is 7.11 Å². The summed E-state index contributed by atoms with van der Waals surface area (Å²) >= 11 is 0. The lowest BCUT2D eigenvalue weighted by atomic mass is 10.1. The van der Waals surface area contributed by atoms with E-state index in [2.05, 4.69) is 0 Å². The molecular weight excluding hydrogens is 178 g/mol. The van der Waals surface area contributed by atoms with E-state index in [1.807, 2.05) is 6.92 Å². The molecule has 0 heterocycles. The van der Waals surface area contributed by atoms with Crippen LogP contribution in [0, 0.1) is 0 Å². The molecular formula is C11H23NO2. The first-order valence-corrected chi connectivity index (χ1v) is 5.64. The van der Waals surface area contributed by atoms with Gasteiger partial charge in [0.1, 0.15) is 0 Å². The van der Waals surface area contributed by atoms with Crippen LogP contribution in [0.3, 0.4) is 0 Å². The van der Waals surface area contributed by atoms with Gasteiger partial charge in [-0.25, -0.2) is 0 Å². The molecule has 0 amide bonds. The van der Waals surface area contributed by atoms with Gasteiger partial charge in [-0.15, -0.1) is 0 Å². The van der Waals surface area contributed by atoms with Gasteiger partial charge in [0.2, 0.25) is 0 Å². The molecule has 3 unspecified atom stereocenters. The molecule has 0 radical (unpaired) electrons. The van der Waals surface area contributed by atoms with Crippen molar-refractivity contribution in [1.82, 2.24) is 0 Å². The summed E-state index contributed by atoms with van der Waals surface area (Å²) in [7, 11) is 1.70. The highest BCUT2D eigenvalue weighted by Gasteiger charge is 2.22. The molecule has 3 heteroatoms. The molecule has 0 spiro atoms. The molecule has 3 nitrogen and oxygen atoms in total. The van der Waals surface area contributed by atoms with Gasteiger partial charge >= 0.3 is 0 Å². The fourth-order valence-electron chi connectivity index (χ4n) is 2.04. The second kappa shape index (κ2) is 6.38. The zero-order chi connectivity index (χ0) is 10.4. The number of hydrogen-bond acceptors (Lipinski definition) is 3. The van der Waals surface area contributed by atoms with E-state index in [-0.39, 0.29) is 18.2 Å². The maximum Gasteiger partial charge on any atom is 0.0784 e. The van der Waals surface area contributed by atoms with E-state index in [1.165, 1.54) is 19.3 Å². The summed E-state index contributed by atoms with van der Waals surface area (Å²) in [6.07, 6.45) is 6.40. The highest BCUT2D eigenvalue weighted by molar-refractivity contribution is 4.77. The lowest BCUT2D eigenvalue weighted by Gasteiger charge is -2.25. The molecule has 1 rings (SSSR count). The van der Waals surface area contributed by atoms with Crippen molar-refractivity contribution >= 4 is 0 Å². The third kappa shape index (κ3) is 3.95. The van der Waals surface area contributed by atoms with Crippen molar-refractivity contribution in [2.45, 2.75) is 57.3 Å². The topological polar surface area (TPSA) is 44.5 Å². The molecule has 2 N–H and O–H groups in total. The van der Waals surface area contributed by atoms with Crippen LogP contribution in [0.4, 0.5) is 0 Å². The SMILES string of the molecule is COCC(C)OC1CCCCCC1N. The Labute approximate surface area is 86.9 Å². The number of rotatable bonds is 4. The van der Waals surface area contributed by atoms with Gasteiger partial charge in [-0.3, -0.25) is 0 Å². The maximum atomic E-state index is 6.06. The molecule has 0 saturated heterocycles. The Morgan fingerprint density at radius 2 is 2.00 bits per heavy atom. The average molecular weight is 201 g/mol. The lowest BCUT2D eigenvalue weighted by Crippen LogP contribution is -2.38. The summed E-state index contributed by atoms with van der Waals surface area (Å²) in [5.41, 5.74) is 6.06. The smallest absolute Gasteiger partial charge is 0.0784 e. The van der Waals surface area contributed by atoms with Gasteiger partial charge in [-0.05, 0) is 19.8 Å². The van der Waals surface area contributed by atoms with Crippen LogP contribution in [0.2, 0.25) is 0 Å². The Bertz CT molecular complexity index is 152. The zero-order valence-electron chi connectivity index (χ0n) is 9.37. The van der Waals surface area contributed by atoms with Crippen molar-refractivity contribution in [1.29, 1.82) is 0 Å². The minimum Gasteiger partial charge on any atom is -0.382 e. The quantitative estimate of drug-likeness (QED) is 0.704. The number of ether oxygens (including phenoxy) is 2. The molecule has 1 aliphatic carbocycles. The van der Waals surface area contributed by atoms with Crippen molar-refractivity contribution in [2.75, 3.05) is 13.7 Å². The Morgan fingerprint density at radius 1 is 1.29 bits per heavy atom. The summed E-state index contributed by atoms with van der Waals surface area (Å²) < 4.78 is 10.9. The Morgan fingerprint density at radius 3 is 2.71 bits per heavy atom. The van der Waals surface area contributed by atoms with Gasteiger partial charge < -0.3 is 15.2 Å². The first-order valence-electron chi connectivity index (χ1n) is 5.64. The Hall–Kier alpha value is -0.120. The van der Waals surface area contributed by atoms with E-state index >= 15 is 0 Å². The summed E-state index contributed by atoms with van der Waals surface area (Å²) in [5, 5.41) is 0. The third-order valence-corrected chi connectivity index (χ3v) is 2.81. The monoisotopic (exact) mass is 201 g/mol. The number of nitrogens with two attached hydrogens (primary N) is 1. The van der Waals surface area contributed by atoms with Crippen LogP contribution >= 0.6 is 0 Å². The number of hydrogen-bond donors (Lipinski definition) is 1. The second-order valence-electron chi connectivity index (χ2n) is 4.24. The van der Waals surface area contributed by atoms with Crippen molar-refractivity contribution in [3.63, 3.8) is 0 Å². The third-order valence-electron chi connectivity index (χ3n) is 2.81. The highest BCUT2D eigenvalue weighted by Crippen LogP contribution is 2.20. The molecule has 3 atom stereocenters. The molecule has 1 fully saturated rings. The minimum absolute atomic E-state index is 0.161. The van der Waals surface area contributed by atoms with E-state index in [0.29, 0.717) is 6.61 Å². The van der Waals surface area contributed by atoms with Crippen molar-refractivity contribution in [3.05, 3.63) is 0 Å². The summed E-state index contributed by atoms with van der Waals surface area (Å²) in [4.78, 5) is 0. The Kier molecular flexibility index (Phi) is 5.45. The highest BCUT2D eigenvalue weighted by atomic mass is 16.5. The molecule has 1 aliphatic rings. The average Bonchev–Trinajstić information content (AvgIpc) is 2.33. The number of methoxy groups -OCH3 is 1. The fourth-order valence-corrected chi connectivity index (χ4v) is 2.04. The van der Waals surface area contributed by atoms with E-state index in [4.69, 9.17) is 15.2 Å². The lowest BCUT2D eigenvalue weighted by molar-refractivity contribution is -0.0506. The van der Waals surface area contributed by atoms with Gasteiger partial charge in [0, 0.05) is 13.2 Å². The van der Waals surface area contributed by atoms with Crippen LogP contribution in [-0.4, -0.2) is 32.0 Å². The summed E-state index contributed by atoms with van der Waals surface area (Å²) in [6, 6.07) is 0.219. The fraction of sp³-hybridized carbons (Fsp3) is 1.00. The molecule has 84 valence electrons. The molecule has 14 heavy (non-hydrogen) atoms. The first-order chi connectivity index (χ1) is 6.74. The molecule has 0 aromatic carbocycles. The largest absolute Gasteiger partial charge is 0.382 e.